The largest absolute Gasteiger partial charge is 0.491 e. The first kappa shape index (κ1) is 21.8. The summed E-state index contributed by atoms with van der Waals surface area (Å²) in [4.78, 5) is 24.2. The maximum Gasteiger partial charge on any atom is 0.338 e. The van der Waals surface area contributed by atoms with Gasteiger partial charge in [0, 0.05) is 12.6 Å². The van der Waals surface area contributed by atoms with Crippen LogP contribution in [0.4, 0.5) is 0 Å². The lowest BCUT2D eigenvalue weighted by Gasteiger charge is -2.14. The van der Waals surface area contributed by atoms with E-state index in [4.69, 9.17) is 14.2 Å². The monoisotopic (exact) mass is 411 g/mol. The number of esters is 1. The molecule has 1 amide bonds. The van der Waals surface area contributed by atoms with E-state index in [9.17, 15) is 9.59 Å². The molecule has 0 unspecified atom stereocenters. The molecule has 2 aromatic rings. The molecule has 0 saturated carbocycles. The summed E-state index contributed by atoms with van der Waals surface area (Å²) in [6, 6.07) is 16.8. The van der Waals surface area contributed by atoms with Gasteiger partial charge in [-0.15, -0.1) is 0 Å². The smallest absolute Gasteiger partial charge is 0.338 e. The van der Waals surface area contributed by atoms with E-state index >= 15 is 0 Å². The fourth-order valence-electron chi connectivity index (χ4n) is 3.28. The Bertz CT molecular complexity index is 800. The molecular weight excluding hydrogens is 382 g/mol. The molecule has 1 fully saturated rings. The molecule has 3 rings (SSSR count). The zero-order chi connectivity index (χ0) is 21.2. The minimum Gasteiger partial charge on any atom is -0.491 e. The van der Waals surface area contributed by atoms with E-state index in [0.717, 1.165) is 32.3 Å². The number of rotatable bonds is 10. The van der Waals surface area contributed by atoms with Crippen LogP contribution in [-0.2, 0) is 20.7 Å². The van der Waals surface area contributed by atoms with Gasteiger partial charge in [0.05, 0.1) is 11.7 Å². The number of ether oxygens (including phenoxy) is 3. The molecule has 160 valence electrons. The minimum atomic E-state index is -0.534. The average Bonchev–Trinajstić information content (AvgIpc) is 3.29. The predicted octanol–water partition coefficient (Wildman–Crippen LogP) is 3.54. The van der Waals surface area contributed by atoms with Gasteiger partial charge in [-0.25, -0.2) is 4.79 Å². The molecule has 0 spiro atoms. The highest BCUT2D eigenvalue weighted by Crippen LogP contribution is 2.17. The number of nitrogens with one attached hydrogen (secondary N) is 1. The molecule has 1 heterocycles. The number of benzene rings is 2. The quantitative estimate of drug-likeness (QED) is 0.606. The summed E-state index contributed by atoms with van der Waals surface area (Å²) in [6.45, 7) is 2.94. The summed E-state index contributed by atoms with van der Waals surface area (Å²) in [7, 11) is 0. The molecule has 0 radical (unpaired) electrons. The lowest BCUT2D eigenvalue weighted by Crippen LogP contribution is -2.36. The molecule has 6 heteroatoms. The van der Waals surface area contributed by atoms with Crippen LogP contribution in [0, 0.1) is 0 Å². The third kappa shape index (κ3) is 7.19. The van der Waals surface area contributed by atoms with Crippen molar-refractivity contribution in [3.63, 3.8) is 0 Å². The summed E-state index contributed by atoms with van der Waals surface area (Å²) >= 11 is 0. The molecule has 0 aliphatic carbocycles. The fourth-order valence-corrected chi connectivity index (χ4v) is 3.28. The molecule has 2 aromatic carbocycles. The Balaban J connectivity index is 1.35. The van der Waals surface area contributed by atoms with Crippen LogP contribution >= 0.6 is 0 Å². The van der Waals surface area contributed by atoms with Crippen molar-refractivity contribution in [2.24, 2.45) is 0 Å². The maximum atomic E-state index is 12.2. The number of hydrogen-bond donors (Lipinski definition) is 1. The molecule has 1 saturated heterocycles. The van der Waals surface area contributed by atoms with E-state index in [1.165, 1.54) is 5.56 Å². The molecule has 2 atom stereocenters. The third-order valence-corrected chi connectivity index (χ3v) is 5.00. The van der Waals surface area contributed by atoms with E-state index in [2.05, 4.69) is 17.4 Å². The van der Waals surface area contributed by atoms with Crippen molar-refractivity contribution in [1.82, 2.24) is 5.32 Å². The van der Waals surface area contributed by atoms with Gasteiger partial charge in [0.2, 0.25) is 0 Å². The Morgan fingerprint density at radius 3 is 2.60 bits per heavy atom. The second-order valence-corrected chi connectivity index (χ2v) is 7.54. The Labute approximate surface area is 177 Å². The molecule has 1 N–H and O–H groups in total. The van der Waals surface area contributed by atoms with Gasteiger partial charge in [-0.2, -0.15) is 0 Å². The van der Waals surface area contributed by atoms with Gasteiger partial charge in [0.15, 0.2) is 6.61 Å². The molecule has 0 bridgehead atoms. The second kappa shape index (κ2) is 11.4. The van der Waals surface area contributed by atoms with Crippen LogP contribution in [0.1, 0.15) is 42.1 Å². The van der Waals surface area contributed by atoms with Gasteiger partial charge in [-0.3, -0.25) is 4.79 Å². The Morgan fingerprint density at radius 1 is 1.13 bits per heavy atom. The first-order chi connectivity index (χ1) is 14.6. The zero-order valence-electron chi connectivity index (χ0n) is 17.3. The Hall–Kier alpha value is -2.86. The number of hydrogen-bond acceptors (Lipinski definition) is 5. The van der Waals surface area contributed by atoms with E-state index in [1.54, 1.807) is 24.3 Å². The van der Waals surface area contributed by atoms with Gasteiger partial charge >= 0.3 is 5.97 Å². The summed E-state index contributed by atoms with van der Waals surface area (Å²) in [6.07, 6.45) is 3.92. The van der Waals surface area contributed by atoms with Crippen molar-refractivity contribution in [1.29, 1.82) is 0 Å². The van der Waals surface area contributed by atoms with Crippen LogP contribution in [0.2, 0.25) is 0 Å². The van der Waals surface area contributed by atoms with Gasteiger partial charge in [-0.05, 0) is 62.4 Å². The topological polar surface area (TPSA) is 73.9 Å². The fraction of sp³-hybridized carbons (Fsp3) is 0.417. The predicted molar refractivity (Wildman–Crippen MR) is 114 cm³/mol. The minimum absolute atomic E-state index is 0.00307. The Morgan fingerprint density at radius 2 is 1.90 bits per heavy atom. The number of carbonyl (C=O) groups is 2. The van der Waals surface area contributed by atoms with Gasteiger partial charge in [-0.1, -0.05) is 30.3 Å². The highest BCUT2D eigenvalue weighted by atomic mass is 16.5. The lowest BCUT2D eigenvalue weighted by atomic mass is 10.1. The number of amides is 1. The number of carbonyl (C=O) groups excluding carboxylic acids is 2. The van der Waals surface area contributed by atoms with Crippen molar-refractivity contribution in [2.45, 2.75) is 44.8 Å². The molecular formula is C24H29NO5. The molecule has 0 aromatic heterocycles. The van der Waals surface area contributed by atoms with E-state index in [-0.39, 0.29) is 24.7 Å². The molecule has 30 heavy (non-hydrogen) atoms. The summed E-state index contributed by atoms with van der Waals surface area (Å²) in [5.41, 5.74) is 1.61. The van der Waals surface area contributed by atoms with Gasteiger partial charge in [0.1, 0.15) is 12.4 Å². The second-order valence-electron chi connectivity index (χ2n) is 7.54. The van der Waals surface area contributed by atoms with E-state index in [1.807, 2.05) is 25.1 Å². The SMILES string of the molecule is C[C@H](CCc1ccccc1)NC(=O)COC(=O)c1ccc(OC[C@H]2CCCO2)cc1. The standard InChI is InChI=1S/C24H29NO5/c1-18(9-10-19-6-3-2-4-7-19)25-23(26)17-30-24(27)20-11-13-21(14-12-20)29-16-22-8-5-15-28-22/h2-4,6-7,11-14,18,22H,5,8-10,15-17H2,1H3,(H,25,26)/t18-,22-/m1/s1. The van der Waals surface area contributed by atoms with Gasteiger partial charge < -0.3 is 19.5 Å². The van der Waals surface area contributed by atoms with Gasteiger partial charge in [0.25, 0.3) is 5.91 Å². The maximum absolute atomic E-state index is 12.2. The van der Waals surface area contributed by atoms with Crippen molar-refractivity contribution >= 4 is 11.9 Å². The van der Waals surface area contributed by atoms with Crippen LogP contribution in [0.15, 0.2) is 54.6 Å². The van der Waals surface area contributed by atoms with Crippen molar-refractivity contribution < 1.29 is 23.8 Å². The van der Waals surface area contributed by atoms with Crippen LogP contribution in [0.5, 0.6) is 5.75 Å². The first-order valence-electron chi connectivity index (χ1n) is 10.4. The molecule has 6 nitrogen and oxygen atoms in total. The molecule has 1 aliphatic rings. The summed E-state index contributed by atoms with van der Waals surface area (Å²) in [5, 5.41) is 2.86. The van der Waals surface area contributed by atoms with Crippen LogP contribution in [0.3, 0.4) is 0 Å². The highest BCUT2D eigenvalue weighted by Gasteiger charge is 2.16. The number of aryl methyl sites for hydroxylation is 1. The summed E-state index contributed by atoms with van der Waals surface area (Å²) < 4.78 is 16.3. The van der Waals surface area contributed by atoms with Crippen LogP contribution in [-0.4, -0.2) is 43.8 Å². The first-order valence-corrected chi connectivity index (χ1v) is 10.4. The van der Waals surface area contributed by atoms with E-state index < -0.39 is 5.97 Å². The zero-order valence-corrected chi connectivity index (χ0v) is 17.3. The van der Waals surface area contributed by atoms with Crippen molar-refractivity contribution in [3.8, 4) is 5.75 Å². The molecule has 1 aliphatic heterocycles. The van der Waals surface area contributed by atoms with Crippen LogP contribution < -0.4 is 10.1 Å². The lowest BCUT2D eigenvalue weighted by molar-refractivity contribution is -0.124. The van der Waals surface area contributed by atoms with E-state index in [0.29, 0.717) is 17.9 Å². The average molecular weight is 411 g/mol. The van der Waals surface area contributed by atoms with Crippen molar-refractivity contribution in [2.75, 3.05) is 19.8 Å². The highest BCUT2D eigenvalue weighted by molar-refractivity contribution is 5.91. The van der Waals surface area contributed by atoms with Crippen molar-refractivity contribution in [3.05, 3.63) is 65.7 Å². The summed E-state index contributed by atoms with van der Waals surface area (Å²) in [5.74, 6) is -0.166. The Kier molecular flexibility index (Phi) is 8.27. The normalized spacial score (nSPS) is 16.6. The third-order valence-electron chi connectivity index (χ3n) is 5.00. The van der Waals surface area contributed by atoms with Crippen LogP contribution in [0.25, 0.3) is 0 Å².